The Balaban J connectivity index is 2.43. The van der Waals surface area contributed by atoms with Gasteiger partial charge in [0.15, 0.2) is 6.29 Å². The van der Waals surface area contributed by atoms with Gasteiger partial charge in [-0.25, -0.2) is 0 Å². The van der Waals surface area contributed by atoms with Gasteiger partial charge in [0, 0.05) is 0 Å². The van der Waals surface area contributed by atoms with Crippen molar-refractivity contribution in [2.24, 2.45) is 0 Å². The van der Waals surface area contributed by atoms with Gasteiger partial charge in [0.25, 0.3) is 0 Å². The molecule has 0 bridgehead atoms. The van der Waals surface area contributed by atoms with E-state index in [1.807, 2.05) is 19.1 Å². The maximum absolute atomic E-state index is 12.3. The van der Waals surface area contributed by atoms with E-state index in [4.69, 9.17) is 0 Å². The summed E-state index contributed by atoms with van der Waals surface area (Å²) in [5, 5.41) is 0. The van der Waals surface area contributed by atoms with Gasteiger partial charge in [0.2, 0.25) is 0 Å². The van der Waals surface area contributed by atoms with Gasteiger partial charge in [-0.2, -0.15) is 0 Å². The highest BCUT2D eigenvalue weighted by atomic mass is 19.4. The summed E-state index contributed by atoms with van der Waals surface area (Å²) in [5.41, 5.74) is 2.21. The Bertz CT molecular complexity index is 616. The van der Waals surface area contributed by atoms with E-state index in [1.165, 1.54) is 12.1 Å². The molecule has 2 aromatic carbocycles. The van der Waals surface area contributed by atoms with Crippen molar-refractivity contribution in [3.63, 3.8) is 0 Å². The fraction of sp³-hybridized carbons (Fsp3) is 0.133. The van der Waals surface area contributed by atoms with Crippen molar-refractivity contribution in [3.05, 3.63) is 53.6 Å². The van der Waals surface area contributed by atoms with E-state index in [9.17, 15) is 18.0 Å². The molecule has 0 unspecified atom stereocenters. The highest BCUT2D eigenvalue weighted by Crippen LogP contribution is 2.30. The topological polar surface area (TPSA) is 26.3 Å². The van der Waals surface area contributed by atoms with Gasteiger partial charge in [0.05, 0.1) is 5.56 Å². The number of rotatable bonds is 3. The van der Waals surface area contributed by atoms with E-state index in [0.717, 1.165) is 11.1 Å². The van der Waals surface area contributed by atoms with Gasteiger partial charge in [-0.3, -0.25) is 4.79 Å². The number of aldehydes is 1. The fourth-order valence-corrected chi connectivity index (χ4v) is 1.77. The first-order chi connectivity index (χ1) is 9.39. The average molecular weight is 280 g/mol. The number of benzene rings is 2. The van der Waals surface area contributed by atoms with Gasteiger partial charge < -0.3 is 4.74 Å². The zero-order valence-electron chi connectivity index (χ0n) is 10.6. The molecule has 104 valence electrons. The molecule has 0 radical (unpaired) electrons. The summed E-state index contributed by atoms with van der Waals surface area (Å²) in [6, 6.07) is 11.4. The first-order valence-electron chi connectivity index (χ1n) is 5.81. The Morgan fingerprint density at radius 2 is 1.60 bits per heavy atom. The third-order valence-electron chi connectivity index (χ3n) is 2.75. The lowest BCUT2D eigenvalue weighted by molar-refractivity contribution is -0.274. The number of alkyl halides is 3. The molecule has 0 atom stereocenters. The number of carbonyl (C=O) groups excluding carboxylic acids is 1. The molecule has 2 nitrogen and oxygen atoms in total. The van der Waals surface area contributed by atoms with Crippen molar-refractivity contribution in [2.75, 3.05) is 0 Å². The van der Waals surface area contributed by atoms with Gasteiger partial charge in [-0.15, -0.1) is 13.2 Å². The predicted molar refractivity (Wildman–Crippen MR) is 68.7 cm³/mol. The highest BCUT2D eigenvalue weighted by Gasteiger charge is 2.32. The molecule has 0 fully saturated rings. The van der Waals surface area contributed by atoms with Crippen molar-refractivity contribution in [1.82, 2.24) is 0 Å². The zero-order chi connectivity index (χ0) is 14.8. The summed E-state index contributed by atoms with van der Waals surface area (Å²) in [4.78, 5) is 10.8. The largest absolute Gasteiger partial charge is 0.573 e. The summed E-state index contributed by atoms with van der Waals surface area (Å²) in [6.07, 6.45) is -4.50. The maximum atomic E-state index is 12.3. The van der Waals surface area contributed by atoms with Crippen LogP contribution in [0, 0.1) is 6.92 Å². The molecular formula is C15H11F3O2. The first kappa shape index (κ1) is 14.1. The second kappa shape index (κ2) is 5.36. The van der Waals surface area contributed by atoms with Gasteiger partial charge >= 0.3 is 6.36 Å². The highest BCUT2D eigenvalue weighted by molar-refractivity contribution is 5.81. The summed E-state index contributed by atoms with van der Waals surface area (Å²) in [5.74, 6) is -0.495. The SMILES string of the molecule is Cc1ccc(-c2ccc(C=O)c(OC(F)(F)F)c2)cc1. The van der Waals surface area contributed by atoms with Crippen LogP contribution in [0.4, 0.5) is 13.2 Å². The molecule has 0 aliphatic rings. The minimum atomic E-state index is -4.83. The van der Waals surface area contributed by atoms with E-state index in [-0.39, 0.29) is 5.56 Å². The Morgan fingerprint density at radius 1 is 1.00 bits per heavy atom. The molecule has 0 heterocycles. The summed E-state index contributed by atoms with van der Waals surface area (Å²) in [6.45, 7) is 1.91. The smallest absolute Gasteiger partial charge is 0.405 e. The van der Waals surface area contributed by atoms with Crippen molar-refractivity contribution in [1.29, 1.82) is 0 Å². The second-order valence-corrected chi connectivity index (χ2v) is 4.28. The van der Waals surface area contributed by atoms with Crippen molar-refractivity contribution in [3.8, 4) is 16.9 Å². The van der Waals surface area contributed by atoms with E-state index in [0.29, 0.717) is 11.8 Å². The monoisotopic (exact) mass is 280 g/mol. The van der Waals surface area contributed by atoms with Crippen molar-refractivity contribution < 1.29 is 22.7 Å². The standard InChI is InChI=1S/C15H11F3O2/c1-10-2-4-11(5-3-10)12-6-7-13(9-19)14(8-12)20-15(16,17)18/h2-9H,1H3. The van der Waals surface area contributed by atoms with Crippen LogP contribution in [0.2, 0.25) is 0 Å². The zero-order valence-corrected chi connectivity index (χ0v) is 10.6. The third kappa shape index (κ3) is 3.38. The van der Waals surface area contributed by atoms with E-state index in [2.05, 4.69) is 4.74 Å². The number of hydrogen-bond donors (Lipinski definition) is 0. The fourth-order valence-electron chi connectivity index (χ4n) is 1.77. The second-order valence-electron chi connectivity index (χ2n) is 4.28. The molecular weight excluding hydrogens is 269 g/mol. The van der Waals surface area contributed by atoms with Crippen LogP contribution in [0.5, 0.6) is 5.75 Å². The number of halogens is 3. The van der Waals surface area contributed by atoms with E-state index >= 15 is 0 Å². The molecule has 0 saturated carbocycles. The Hall–Kier alpha value is -2.30. The Morgan fingerprint density at radius 3 is 2.15 bits per heavy atom. The lowest BCUT2D eigenvalue weighted by Gasteiger charge is -2.12. The first-order valence-corrected chi connectivity index (χ1v) is 5.81. The molecule has 2 rings (SSSR count). The minimum Gasteiger partial charge on any atom is -0.405 e. The van der Waals surface area contributed by atoms with Crippen LogP contribution in [0.1, 0.15) is 15.9 Å². The molecule has 0 aromatic heterocycles. The number of hydrogen-bond acceptors (Lipinski definition) is 2. The van der Waals surface area contributed by atoms with E-state index < -0.39 is 12.1 Å². The van der Waals surface area contributed by atoms with Crippen LogP contribution >= 0.6 is 0 Å². The summed E-state index contributed by atoms with van der Waals surface area (Å²) >= 11 is 0. The molecule has 2 aromatic rings. The number of ether oxygens (including phenoxy) is 1. The maximum Gasteiger partial charge on any atom is 0.573 e. The van der Waals surface area contributed by atoms with Crippen LogP contribution in [-0.2, 0) is 0 Å². The minimum absolute atomic E-state index is 0.141. The van der Waals surface area contributed by atoms with Crippen LogP contribution in [0.15, 0.2) is 42.5 Å². The van der Waals surface area contributed by atoms with Crippen LogP contribution in [0.25, 0.3) is 11.1 Å². The van der Waals surface area contributed by atoms with Crippen molar-refractivity contribution >= 4 is 6.29 Å². The number of aryl methyl sites for hydroxylation is 1. The molecule has 0 spiro atoms. The van der Waals surface area contributed by atoms with E-state index in [1.54, 1.807) is 18.2 Å². The summed E-state index contributed by atoms with van der Waals surface area (Å²) < 4.78 is 40.8. The lowest BCUT2D eigenvalue weighted by atomic mass is 10.0. The van der Waals surface area contributed by atoms with Gasteiger partial charge in [-0.1, -0.05) is 35.9 Å². The van der Waals surface area contributed by atoms with Crippen molar-refractivity contribution in [2.45, 2.75) is 13.3 Å². The Kier molecular flexibility index (Phi) is 3.79. The molecule has 0 saturated heterocycles. The Labute approximate surface area is 113 Å². The quantitative estimate of drug-likeness (QED) is 0.780. The normalized spacial score (nSPS) is 11.2. The molecule has 0 N–H and O–H groups in total. The molecule has 20 heavy (non-hydrogen) atoms. The number of carbonyl (C=O) groups is 1. The third-order valence-corrected chi connectivity index (χ3v) is 2.75. The average Bonchev–Trinajstić information content (AvgIpc) is 2.37. The molecule has 0 aliphatic carbocycles. The molecule has 0 aliphatic heterocycles. The summed E-state index contributed by atoms with van der Waals surface area (Å²) in [7, 11) is 0. The molecule has 0 amide bonds. The van der Waals surface area contributed by atoms with Crippen LogP contribution < -0.4 is 4.74 Å². The van der Waals surface area contributed by atoms with Gasteiger partial charge in [-0.05, 0) is 30.2 Å². The van der Waals surface area contributed by atoms with Gasteiger partial charge in [0.1, 0.15) is 5.75 Å². The molecule has 5 heteroatoms. The van der Waals surface area contributed by atoms with Crippen LogP contribution in [0.3, 0.4) is 0 Å². The lowest BCUT2D eigenvalue weighted by Crippen LogP contribution is -2.18. The predicted octanol–water partition coefficient (Wildman–Crippen LogP) is 4.37. The van der Waals surface area contributed by atoms with Crippen LogP contribution in [-0.4, -0.2) is 12.6 Å².